The highest BCUT2D eigenvalue weighted by Gasteiger charge is 2.30. The van der Waals surface area contributed by atoms with Crippen LogP contribution < -0.4 is 9.47 Å². The number of rotatable bonds is 6. The highest BCUT2D eigenvalue weighted by Crippen LogP contribution is 2.27. The molecule has 1 aromatic carbocycles. The molecule has 0 aliphatic heterocycles. The summed E-state index contributed by atoms with van der Waals surface area (Å²) in [6, 6.07) is 7.19. The number of hydrogen-bond acceptors (Lipinski definition) is 5. The molecular formula is C15H20O5. The minimum atomic E-state index is -0.384. The number of carbonyl (C=O) groups excluding carboxylic acids is 1. The summed E-state index contributed by atoms with van der Waals surface area (Å²) < 4.78 is 21.2. The molecule has 5 heteroatoms. The van der Waals surface area contributed by atoms with Gasteiger partial charge in [-0.05, 0) is 31.4 Å². The minimum absolute atomic E-state index is 0.00483. The number of hydrogen-bond donors (Lipinski definition) is 0. The number of ether oxygens (including phenoxy) is 4. The highest BCUT2D eigenvalue weighted by molar-refractivity contribution is 5.71. The maximum absolute atomic E-state index is 11.8. The first-order chi connectivity index (χ1) is 9.74. The molecule has 1 aromatic rings. The van der Waals surface area contributed by atoms with Crippen molar-refractivity contribution in [2.75, 3.05) is 20.8 Å². The van der Waals surface area contributed by atoms with E-state index in [1.807, 2.05) is 12.1 Å². The predicted octanol–water partition coefficient (Wildman–Crippen LogP) is 2.18. The molecule has 1 aliphatic rings. The van der Waals surface area contributed by atoms with E-state index in [0.29, 0.717) is 11.5 Å². The molecule has 20 heavy (non-hydrogen) atoms. The van der Waals surface area contributed by atoms with E-state index in [9.17, 15) is 4.79 Å². The van der Waals surface area contributed by atoms with Gasteiger partial charge in [0.25, 0.3) is 0 Å². The van der Waals surface area contributed by atoms with Crippen molar-refractivity contribution in [1.29, 1.82) is 0 Å². The lowest BCUT2D eigenvalue weighted by Gasteiger charge is -2.19. The lowest BCUT2D eigenvalue weighted by Crippen LogP contribution is -2.29. The molecule has 0 saturated heterocycles. The zero-order valence-corrected chi connectivity index (χ0v) is 11.8. The fraction of sp³-hybridized carbons (Fsp3) is 0.533. The minimum Gasteiger partial charge on any atom is -0.493 e. The Bertz CT molecular complexity index is 446. The van der Waals surface area contributed by atoms with E-state index < -0.39 is 0 Å². The van der Waals surface area contributed by atoms with Crippen LogP contribution >= 0.6 is 0 Å². The van der Waals surface area contributed by atoms with Gasteiger partial charge in [0.05, 0.1) is 13.2 Å². The maximum atomic E-state index is 11.8. The van der Waals surface area contributed by atoms with Gasteiger partial charge in [0.15, 0.2) is 18.1 Å². The average Bonchev–Trinajstić information content (AvgIpc) is 2.92. The standard InChI is InChI=1S/C15H20O5/c1-17-11-6-3-4-7-13(11)19-10-15(16)20-14-9-5-8-12(14)18-2/h3-4,6-7,12,14H,5,8-10H2,1-2H3/t12-,14+/m0/s1. The smallest absolute Gasteiger partial charge is 0.344 e. The molecule has 1 aliphatic carbocycles. The first kappa shape index (κ1) is 14.7. The highest BCUT2D eigenvalue weighted by atomic mass is 16.6. The Morgan fingerprint density at radius 3 is 2.55 bits per heavy atom. The van der Waals surface area contributed by atoms with Crippen LogP contribution in [-0.4, -0.2) is 39.0 Å². The summed E-state index contributed by atoms with van der Waals surface area (Å²) in [6.07, 6.45) is 2.64. The average molecular weight is 280 g/mol. The third-order valence-electron chi connectivity index (χ3n) is 3.39. The van der Waals surface area contributed by atoms with Crippen LogP contribution in [0.1, 0.15) is 19.3 Å². The van der Waals surface area contributed by atoms with Gasteiger partial charge in [-0.2, -0.15) is 0 Å². The first-order valence-electron chi connectivity index (χ1n) is 6.72. The van der Waals surface area contributed by atoms with Gasteiger partial charge in [0, 0.05) is 7.11 Å². The molecule has 0 spiro atoms. The van der Waals surface area contributed by atoms with E-state index in [0.717, 1.165) is 19.3 Å². The topological polar surface area (TPSA) is 54.0 Å². The summed E-state index contributed by atoms with van der Waals surface area (Å²) in [6.45, 7) is -0.132. The summed E-state index contributed by atoms with van der Waals surface area (Å²) in [5, 5.41) is 0. The third-order valence-corrected chi connectivity index (χ3v) is 3.39. The van der Waals surface area contributed by atoms with Gasteiger partial charge in [-0.1, -0.05) is 12.1 Å². The van der Waals surface area contributed by atoms with E-state index in [-0.39, 0.29) is 24.8 Å². The van der Waals surface area contributed by atoms with Crippen molar-refractivity contribution in [2.45, 2.75) is 31.5 Å². The molecule has 0 amide bonds. The Morgan fingerprint density at radius 2 is 1.85 bits per heavy atom. The number of benzene rings is 1. The first-order valence-corrected chi connectivity index (χ1v) is 6.72. The zero-order valence-electron chi connectivity index (χ0n) is 11.8. The predicted molar refractivity (Wildman–Crippen MR) is 73.0 cm³/mol. The summed E-state index contributed by atoms with van der Waals surface area (Å²) in [5.41, 5.74) is 0. The van der Waals surface area contributed by atoms with Crippen molar-refractivity contribution < 1.29 is 23.7 Å². The van der Waals surface area contributed by atoms with Crippen LogP contribution in [0.4, 0.5) is 0 Å². The van der Waals surface area contributed by atoms with Crippen molar-refractivity contribution >= 4 is 5.97 Å². The molecular weight excluding hydrogens is 260 g/mol. The molecule has 110 valence electrons. The second-order valence-electron chi connectivity index (χ2n) is 4.67. The number of methoxy groups -OCH3 is 2. The Morgan fingerprint density at radius 1 is 1.15 bits per heavy atom. The molecule has 2 atom stereocenters. The van der Waals surface area contributed by atoms with Crippen molar-refractivity contribution in [3.63, 3.8) is 0 Å². The molecule has 0 N–H and O–H groups in total. The molecule has 0 bridgehead atoms. The Kier molecular flexibility index (Phi) is 5.24. The molecule has 0 radical (unpaired) electrons. The molecule has 5 nitrogen and oxygen atoms in total. The van der Waals surface area contributed by atoms with E-state index >= 15 is 0 Å². The normalized spacial score (nSPS) is 21.5. The fourth-order valence-electron chi connectivity index (χ4n) is 2.37. The van der Waals surface area contributed by atoms with Gasteiger partial charge in [0.1, 0.15) is 6.10 Å². The summed E-state index contributed by atoms with van der Waals surface area (Å²) in [4.78, 5) is 11.8. The molecule has 1 fully saturated rings. The molecule has 0 aromatic heterocycles. The van der Waals surface area contributed by atoms with Crippen LogP contribution in [0.5, 0.6) is 11.5 Å². The molecule has 2 rings (SSSR count). The summed E-state index contributed by atoms with van der Waals surface area (Å²) in [7, 11) is 3.20. The third kappa shape index (κ3) is 3.63. The van der Waals surface area contributed by atoms with Crippen molar-refractivity contribution in [1.82, 2.24) is 0 Å². The van der Waals surface area contributed by atoms with E-state index in [2.05, 4.69) is 0 Å². The second kappa shape index (κ2) is 7.14. The van der Waals surface area contributed by atoms with E-state index in [4.69, 9.17) is 18.9 Å². The van der Waals surface area contributed by atoms with Crippen LogP contribution in [0.3, 0.4) is 0 Å². The van der Waals surface area contributed by atoms with Crippen LogP contribution in [-0.2, 0) is 14.3 Å². The molecule has 0 unspecified atom stereocenters. The van der Waals surface area contributed by atoms with Crippen molar-refractivity contribution in [2.24, 2.45) is 0 Å². The van der Waals surface area contributed by atoms with E-state index in [1.54, 1.807) is 26.4 Å². The zero-order chi connectivity index (χ0) is 14.4. The molecule has 1 saturated carbocycles. The number of carbonyl (C=O) groups is 1. The quantitative estimate of drug-likeness (QED) is 0.748. The number of para-hydroxylation sites is 2. The van der Waals surface area contributed by atoms with Crippen LogP contribution in [0, 0.1) is 0 Å². The van der Waals surface area contributed by atoms with Crippen molar-refractivity contribution in [3.8, 4) is 11.5 Å². The number of esters is 1. The molecule has 0 heterocycles. The van der Waals surface area contributed by atoms with Gasteiger partial charge in [0.2, 0.25) is 0 Å². The largest absolute Gasteiger partial charge is 0.493 e. The second-order valence-corrected chi connectivity index (χ2v) is 4.67. The lowest BCUT2D eigenvalue weighted by atomic mass is 10.2. The SMILES string of the molecule is COc1ccccc1OCC(=O)O[C@@H]1CCC[C@@H]1OC. The summed E-state index contributed by atoms with van der Waals surface area (Å²) >= 11 is 0. The van der Waals surface area contributed by atoms with Crippen LogP contribution in [0.2, 0.25) is 0 Å². The van der Waals surface area contributed by atoms with Gasteiger partial charge in [-0.15, -0.1) is 0 Å². The van der Waals surface area contributed by atoms with Crippen molar-refractivity contribution in [3.05, 3.63) is 24.3 Å². The Balaban J connectivity index is 1.83. The lowest BCUT2D eigenvalue weighted by molar-refractivity contribution is -0.156. The summed E-state index contributed by atoms with van der Waals surface area (Å²) in [5.74, 6) is 0.738. The van der Waals surface area contributed by atoms with Gasteiger partial charge in [-0.25, -0.2) is 4.79 Å². The van der Waals surface area contributed by atoms with Crippen LogP contribution in [0.15, 0.2) is 24.3 Å². The Hall–Kier alpha value is -1.75. The van der Waals surface area contributed by atoms with Gasteiger partial charge >= 0.3 is 5.97 Å². The monoisotopic (exact) mass is 280 g/mol. The fourth-order valence-corrected chi connectivity index (χ4v) is 2.37. The van der Waals surface area contributed by atoms with Crippen LogP contribution in [0.25, 0.3) is 0 Å². The van der Waals surface area contributed by atoms with Gasteiger partial charge < -0.3 is 18.9 Å². The Labute approximate surface area is 118 Å². The van der Waals surface area contributed by atoms with E-state index in [1.165, 1.54) is 0 Å². The maximum Gasteiger partial charge on any atom is 0.344 e. The van der Waals surface area contributed by atoms with Gasteiger partial charge in [-0.3, -0.25) is 0 Å².